The van der Waals surface area contributed by atoms with Gasteiger partial charge in [0.2, 0.25) is 0 Å². The van der Waals surface area contributed by atoms with Crippen LogP contribution in [0.15, 0.2) is 54.6 Å². The molecule has 2 heterocycles. The van der Waals surface area contributed by atoms with E-state index in [1.54, 1.807) is 23.9 Å². The Morgan fingerprint density at radius 1 is 1.24 bits per heavy atom. The number of ether oxygens (including phenoxy) is 1. The van der Waals surface area contributed by atoms with E-state index < -0.39 is 0 Å². The molecule has 2 aromatic carbocycles. The highest BCUT2D eigenvalue weighted by molar-refractivity contribution is 6.30. The van der Waals surface area contributed by atoms with Gasteiger partial charge in [0.05, 0.1) is 18.4 Å². The van der Waals surface area contributed by atoms with Crippen LogP contribution in [0.5, 0.6) is 0 Å². The Balaban J connectivity index is 0.00000240. The lowest BCUT2D eigenvalue weighted by molar-refractivity contribution is 0.0277. The summed E-state index contributed by atoms with van der Waals surface area (Å²) in [5.74, 6) is -0.216. The van der Waals surface area contributed by atoms with Crippen LogP contribution in [0, 0.1) is 0 Å². The lowest BCUT2D eigenvalue weighted by atomic mass is 10.1. The Bertz CT molecular complexity index is 983. The molecule has 1 aromatic heterocycles. The quantitative estimate of drug-likeness (QED) is 0.651. The second kappa shape index (κ2) is 9.41. The van der Waals surface area contributed by atoms with E-state index in [-0.39, 0.29) is 24.4 Å². The molecular weight excluding hydrogens is 411 g/mol. The molecule has 1 aliphatic heterocycles. The van der Waals surface area contributed by atoms with Gasteiger partial charge in [0.25, 0.3) is 5.91 Å². The fourth-order valence-electron chi connectivity index (χ4n) is 3.22. The summed E-state index contributed by atoms with van der Waals surface area (Å²) in [6.45, 7) is 2.39. The highest BCUT2D eigenvalue weighted by Crippen LogP contribution is 2.24. The van der Waals surface area contributed by atoms with Gasteiger partial charge in [-0.3, -0.25) is 9.48 Å². The van der Waals surface area contributed by atoms with Gasteiger partial charge in [-0.05, 0) is 35.9 Å². The van der Waals surface area contributed by atoms with Crippen LogP contribution in [0.3, 0.4) is 0 Å². The molecule has 1 atom stereocenters. The first kappa shape index (κ1) is 21.3. The Morgan fingerprint density at radius 3 is 2.72 bits per heavy atom. The Morgan fingerprint density at radius 2 is 2.03 bits per heavy atom. The number of anilines is 1. The summed E-state index contributed by atoms with van der Waals surface area (Å²) in [4.78, 5) is 12.7. The summed E-state index contributed by atoms with van der Waals surface area (Å²) in [7, 11) is 1.75. The standard InChI is InChI=1S/C21H21ClN4O2.ClH/c1-26-19(12-18(25-26)15-3-2-4-16(22)11-15)21(27)24-17-7-5-14(6-8-17)20-13-23-9-10-28-20;/h2-8,11-12,20,23H,9-10,13H2,1H3,(H,24,27);1H. The first-order chi connectivity index (χ1) is 13.6. The summed E-state index contributed by atoms with van der Waals surface area (Å²) in [5, 5.41) is 11.3. The van der Waals surface area contributed by atoms with Gasteiger partial charge >= 0.3 is 0 Å². The molecule has 0 saturated carbocycles. The lowest BCUT2D eigenvalue weighted by Crippen LogP contribution is -2.33. The van der Waals surface area contributed by atoms with Crippen LogP contribution < -0.4 is 10.6 Å². The van der Waals surface area contributed by atoms with Gasteiger partial charge in [-0.15, -0.1) is 12.4 Å². The third-order valence-electron chi connectivity index (χ3n) is 4.70. The maximum atomic E-state index is 12.7. The van der Waals surface area contributed by atoms with Gasteiger partial charge in [-0.25, -0.2) is 0 Å². The third kappa shape index (κ3) is 4.97. The number of hydrogen-bond donors (Lipinski definition) is 2. The van der Waals surface area contributed by atoms with Gasteiger partial charge in [0.1, 0.15) is 5.69 Å². The first-order valence-electron chi connectivity index (χ1n) is 9.14. The topological polar surface area (TPSA) is 68.2 Å². The molecule has 6 nitrogen and oxygen atoms in total. The summed E-state index contributed by atoms with van der Waals surface area (Å²) in [6.07, 6.45) is 0.0517. The van der Waals surface area contributed by atoms with Gasteiger partial charge < -0.3 is 15.4 Å². The van der Waals surface area contributed by atoms with Crippen molar-refractivity contribution >= 4 is 35.6 Å². The average molecular weight is 433 g/mol. The van der Waals surface area contributed by atoms with Crippen LogP contribution in [0.2, 0.25) is 5.02 Å². The molecule has 8 heteroatoms. The van der Waals surface area contributed by atoms with E-state index in [0.717, 1.165) is 29.9 Å². The number of morpholine rings is 1. The fourth-order valence-corrected chi connectivity index (χ4v) is 3.41. The maximum absolute atomic E-state index is 12.7. The summed E-state index contributed by atoms with van der Waals surface area (Å²) < 4.78 is 7.32. The number of nitrogens with zero attached hydrogens (tertiary/aromatic N) is 2. The van der Waals surface area contributed by atoms with Crippen molar-refractivity contribution in [3.63, 3.8) is 0 Å². The second-order valence-electron chi connectivity index (χ2n) is 6.69. The van der Waals surface area contributed by atoms with Crippen molar-refractivity contribution in [1.82, 2.24) is 15.1 Å². The van der Waals surface area contributed by atoms with Crippen molar-refractivity contribution in [1.29, 1.82) is 0 Å². The minimum Gasteiger partial charge on any atom is -0.371 e. The van der Waals surface area contributed by atoms with Crippen molar-refractivity contribution in [2.24, 2.45) is 7.05 Å². The smallest absolute Gasteiger partial charge is 0.273 e. The minimum atomic E-state index is -0.216. The molecule has 0 aliphatic carbocycles. The predicted molar refractivity (Wildman–Crippen MR) is 117 cm³/mol. The van der Waals surface area contributed by atoms with E-state index in [1.807, 2.05) is 42.5 Å². The van der Waals surface area contributed by atoms with Crippen LogP contribution >= 0.6 is 24.0 Å². The number of rotatable bonds is 4. The molecule has 29 heavy (non-hydrogen) atoms. The highest BCUT2D eigenvalue weighted by atomic mass is 35.5. The molecule has 1 amide bonds. The van der Waals surface area contributed by atoms with E-state index in [2.05, 4.69) is 15.7 Å². The summed E-state index contributed by atoms with van der Waals surface area (Å²) >= 11 is 6.05. The molecule has 3 aromatic rings. The normalized spacial score (nSPS) is 16.1. The summed E-state index contributed by atoms with van der Waals surface area (Å²) in [5.41, 5.74) is 3.86. The molecule has 1 aliphatic rings. The molecule has 4 rings (SSSR count). The van der Waals surface area contributed by atoms with E-state index in [0.29, 0.717) is 23.0 Å². The largest absolute Gasteiger partial charge is 0.371 e. The number of carbonyl (C=O) groups excluding carboxylic acids is 1. The molecule has 152 valence electrons. The average Bonchev–Trinajstić information content (AvgIpc) is 3.11. The lowest BCUT2D eigenvalue weighted by Gasteiger charge is -2.24. The van der Waals surface area contributed by atoms with E-state index in [4.69, 9.17) is 16.3 Å². The van der Waals surface area contributed by atoms with E-state index in [1.165, 1.54) is 0 Å². The third-order valence-corrected chi connectivity index (χ3v) is 4.94. The van der Waals surface area contributed by atoms with Crippen molar-refractivity contribution in [3.05, 3.63) is 70.9 Å². The Hall–Kier alpha value is -2.38. The molecule has 0 bridgehead atoms. The molecular formula is C21H22Cl2N4O2. The van der Waals surface area contributed by atoms with Crippen LogP contribution in [0.1, 0.15) is 22.2 Å². The highest BCUT2D eigenvalue weighted by Gasteiger charge is 2.17. The van der Waals surface area contributed by atoms with E-state index in [9.17, 15) is 4.79 Å². The van der Waals surface area contributed by atoms with Crippen molar-refractivity contribution in [2.45, 2.75) is 6.10 Å². The van der Waals surface area contributed by atoms with E-state index >= 15 is 0 Å². The van der Waals surface area contributed by atoms with Crippen molar-refractivity contribution in [2.75, 3.05) is 25.0 Å². The van der Waals surface area contributed by atoms with Gasteiger partial charge in [0, 0.05) is 36.4 Å². The number of aryl methyl sites for hydroxylation is 1. The van der Waals surface area contributed by atoms with Gasteiger partial charge in [-0.1, -0.05) is 35.9 Å². The number of aromatic nitrogens is 2. The SMILES string of the molecule is Cl.Cn1nc(-c2cccc(Cl)c2)cc1C(=O)Nc1ccc(C2CNCCO2)cc1. The maximum Gasteiger partial charge on any atom is 0.273 e. The van der Waals surface area contributed by atoms with Crippen LogP contribution in [-0.2, 0) is 11.8 Å². The molecule has 0 spiro atoms. The number of hydrogen-bond acceptors (Lipinski definition) is 4. The monoisotopic (exact) mass is 432 g/mol. The van der Waals surface area contributed by atoms with Gasteiger partial charge in [-0.2, -0.15) is 5.10 Å². The first-order valence-corrected chi connectivity index (χ1v) is 9.51. The minimum absolute atomic E-state index is 0. The van der Waals surface area contributed by atoms with Crippen LogP contribution in [-0.4, -0.2) is 35.4 Å². The zero-order valence-corrected chi connectivity index (χ0v) is 17.5. The Labute approximate surface area is 180 Å². The Kier molecular flexibility index (Phi) is 6.92. The zero-order valence-electron chi connectivity index (χ0n) is 15.9. The molecule has 1 fully saturated rings. The van der Waals surface area contributed by atoms with Crippen molar-refractivity contribution < 1.29 is 9.53 Å². The second-order valence-corrected chi connectivity index (χ2v) is 7.12. The predicted octanol–water partition coefficient (Wildman–Crippen LogP) is 4.08. The molecule has 2 N–H and O–H groups in total. The fraction of sp³-hybridized carbons (Fsp3) is 0.238. The molecule has 1 saturated heterocycles. The van der Waals surface area contributed by atoms with Gasteiger partial charge in [0.15, 0.2) is 0 Å². The number of carbonyl (C=O) groups is 1. The van der Waals surface area contributed by atoms with Crippen LogP contribution in [0.25, 0.3) is 11.3 Å². The molecule has 1 unspecified atom stereocenters. The summed E-state index contributed by atoms with van der Waals surface area (Å²) in [6, 6.07) is 16.9. The molecule has 0 radical (unpaired) electrons. The van der Waals surface area contributed by atoms with Crippen molar-refractivity contribution in [3.8, 4) is 11.3 Å². The number of amides is 1. The van der Waals surface area contributed by atoms with Crippen LogP contribution in [0.4, 0.5) is 5.69 Å². The zero-order chi connectivity index (χ0) is 19.5. The number of benzene rings is 2. The number of nitrogens with one attached hydrogen (secondary N) is 2. The number of halogens is 2.